The summed E-state index contributed by atoms with van der Waals surface area (Å²) in [5, 5.41) is 21.8. The van der Waals surface area contributed by atoms with Crippen molar-refractivity contribution in [1.82, 2.24) is 10.9 Å². The lowest BCUT2D eigenvalue weighted by molar-refractivity contribution is -0.394. The average Bonchev–Trinajstić information content (AvgIpc) is 2.64. The summed E-state index contributed by atoms with van der Waals surface area (Å²) in [7, 11) is 0. The van der Waals surface area contributed by atoms with Gasteiger partial charge in [0.1, 0.15) is 0 Å². The van der Waals surface area contributed by atoms with Gasteiger partial charge in [-0.25, -0.2) is 0 Å². The minimum Gasteiger partial charge on any atom is -0.267 e. The third-order valence-corrected chi connectivity index (χ3v) is 3.89. The quantitative estimate of drug-likeness (QED) is 0.610. The maximum atomic E-state index is 12.1. The molecular weight excluding hydrogens is 368 g/mol. The van der Waals surface area contributed by atoms with Crippen molar-refractivity contribution in [3.05, 3.63) is 79.4 Å². The molecule has 0 saturated heterocycles. The first-order chi connectivity index (χ1) is 13.0. The lowest BCUT2D eigenvalue weighted by Crippen LogP contribution is -2.41. The predicted molar refractivity (Wildman–Crippen MR) is 99.8 cm³/mol. The van der Waals surface area contributed by atoms with E-state index in [0.29, 0.717) is 5.56 Å². The van der Waals surface area contributed by atoms with Crippen LogP contribution in [0.15, 0.2) is 42.5 Å². The molecule has 146 valence electrons. The van der Waals surface area contributed by atoms with E-state index < -0.39 is 33.0 Å². The highest BCUT2D eigenvalue weighted by Gasteiger charge is 2.20. The molecular formula is C18H18N4O6. The van der Waals surface area contributed by atoms with E-state index >= 15 is 0 Å². The van der Waals surface area contributed by atoms with Crippen molar-refractivity contribution >= 4 is 23.2 Å². The lowest BCUT2D eigenvalue weighted by atomic mass is 9.87. The number of rotatable bonds is 4. The Balaban J connectivity index is 2.12. The zero-order chi connectivity index (χ0) is 21.1. The Morgan fingerprint density at radius 3 is 1.61 bits per heavy atom. The molecule has 0 aliphatic rings. The highest BCUT2D eigenvalue weighted by Crippen LogP contribution is 2.23. The van der Waals surface area contributed by atoms with Crippen LogP contribution in [0.4, 0.5) is 11.4 Å². The molecule has 0 spiro atoms. The number of amides is 2. The molecule has 10 heteroatoms. The van der Waals surface area contributed by atoms with Crippen LogP contribution >= 0.6 is 0 Å². The van der Waals surface area contributed by atoms with Crippen LogP contribution in [0, 0.1) is 20.2 Å². The van der Waals surface area contributed by atoms with Gasteiger partial charge in [-0.3, -0.25) is 40.7 Å². The average molecular weight is 386 g/mol. The third kappa shape index (κ3) is 4.87. The zero-order valence-corrected chi connectivity index (χ0v) is 15.4. The Morgan fingerprint density at radius 1 is 0.786 bits per heavy atom. The monoisotopic (exact) mass is 386 g/mol. The summed E-state index contributed by atoms with van der Waals surface area (Å²) in [6, 6.07) is 9.28. The van der Waals surface area contributed by atoms with Crippen molar-refractivity contribution in [2.75, 3.05) is 0 Å². The molecule has 2 aromatic rings. The van der Waals surface area contributed by atoms with Crippen LogP contribution in [0.2, 0.25) is 0 Å². The number of nitro groups is 2. The van der Waals surface area contributed by atoms with Crippen LogP contribution in [-0.2, 0) is 5.41 Å². The van der Waals surface area contributed by atoms with Crippen molar-refractivity contribution in [2.45, 2.75) is 26.2 Å². The molecule has 0 saturated carbocycles. The summed E-state index contributed by atoms with van der Waals surface area (Å²) in [5.41, 5.74) is 3.95. The molecule has 0 heterocycles. The molecule has 0 atom stereocenters. The summed E-state index contributed by atoms with van der Waals surface area (Å²) >= 11 is 0. The number of hydrogen-bond donors (Lipinski definition) is 2. The van der Waals surface area contributed by atoms with E-state index in [2.05, 4.69) is 10.9 Å². The molecule has 0 aromatic heterocycles. The second-order valence-corrected chi connectivity index (χ2v) is 6.99. The SMILES string of the molecule is CC(C)(C)c1ccc(C(=O)NNC(=O)c2cc([N+](=O)[O-])cc([N+](=O)[O-])c2)cc1. The summed E-state index contributed by atoms with van der Waals surface area (Å²) in [5.74, 6) is -1.53. The Kier molecular flexibility index (Phi) is 5.73. The first kappa shape index (κ1) is 20.5. The molecule has 2 N–H and O–H groups in total. The number of benzene rings is 2. The Bertz CT molecular complexity index is 915. The second-order valence-electron chi connectivity index (χ2n) is 6.99. The highest BCUT2D eigenvalue weighted by atomic mass is 16.6. The van der Waals surface area contributed by atoms with Gasteiger partial charge in [0.15, 0.2) is 0 Å². The first-order valence-corrected chi connectivity index (χ1v) is 8.14. The Hall–Kier alpha value is -3.82. The van der Waals surface area contributed by atoms with Crippen LogP contribution in [0.5, 0.6) is 0 Å². The fraction of sp³-hybridized carbons (Fsp3) is 0.222. The second kappa shape index (κ2) is 7.82. The smallest absolute Gasteiger partial charge is 0.267 e. The molecule has 0 bridgehead atoms. The summed E-state index contributed by atoms with van der Waals surface area (Å²) in [6.07, 6.45) is 0. The van der Waals surface area contributed by atoms with E-state index in [-0.39, 0.29) is 11.0 Å². The maximum absolute atomic E-state index is 12.1. The molecule has 0 unspecified atom stereocenters. The summed E-state index contributed by atoms with van der Waals surface area (Å²) < 4.78 is 0. The Labute approximate surface area is 159 Å². The topological polar surface area (TPSA) is 144 Å². The van der Waals surface area contributed by atoms with Crippen molar-refractivity contribution in [3.63, 3.8) is 0 Å². The summed E-state index contributed by atoms with van der Waals surface area (Å²) in [4.78, 5) is 44.4. The normalized spacial score (nSPS) is 10.8. The van der Waals surface area contributed by atoms with Crippen molar-refractivity contribution in [1.29, 1.82) is 0 Å². The number of hydrogen-bond acceptors (Lipinski definition) is 6. The van der Waals surface area contributed by atoms with Gasteiger partial charge >= 0.3 is 0 Å². The largest absolute Gasteiger partial charge is 0.277 e. The molecule has 2 rings (SSSR count). The molecule has 2 amide bonds. The zero-order valence-electron chi connectivity index (χ0n) is 15.4. The molecule has 28 heavy (non-hydrogen) atoms. The third-order valence-electron chi connectivity index (χ3n) is 3.89. The fourth-order valence-corrected chi connectivity index (χ4v) is 2.32. The van der Waals surface area contributed by atoms with Gasteiger partial charge < -0.3 is 0 Å². The minimum absolute atomic E-state index is 0.0834. The van der Waals surface area contributed by atoms with Gasteiger partial charge in [-0.2, -0.15) is 0 Å². The number of nitrogens with zero attached hydrogens (tertiary/aromatic N) is 2. The number of non-ortho nitro benzene ring substituents is 2. The van der Waals surface area contributed by atoms with Crippen LogP contribution in [0.25, 0.3) is 0 Å². The van der Waals surface area contributed by atoms with Gasteiger partial charge in [0.05, 0.1) is 21.5 Å². The van der Waals surface area contributed by atoms with Gasteiger partial charge in [0.2, 0.25) is 0 Å². The van der Waals surface area contributed by atoms with E-state index in [1.165, 1.54) is 0 Å². The van der Waals surface area contributed by atoms with Crippen LogP contribution in [0.3, 0.4) is 0 Å². The summed E-state index contributed by atoms with van der Waals surface area (Å²) in [6.45, 7) is 6.08. The number of nitro benzene ring substituents is 2. The molecule has 0 radical (unpaired) electrons. The predicted octanol–water partition coefficient (Wildman–Crippen LogP) is 2.88. The van der Waals surface area contributed by atoms with Crippen LogP contribution in [0.1, 0.15) is 47.1 Å². The number of carbonyl (C=O) groups excluding carboxylic acids is 2. The minimum atomic E-state index is -0.925. The number of hydrazine groups is 1. The van der Waals surface area contributed by atoms with Crippen LogP contribution in [-0.4, -0.2) is 21.7 Å². The fourth-order valence-electron chi connectivity index (χ4n) is 2.32. The molecule has 10 nitrogen and oxygen atoms in total. The van der Waals surface area contributed by atoms with Crippen molar-refractivity contribution in [3.8, 4) is 0 Å². The molecule has 2 aromatic carbocycles. The maximum Gasteiger partial charge on any atom is 0.277 e. The van der Waals surface area contributed by atoms with Gasteiger partial charge in [-0.1, -0.05) is 32.9 Å². The Morgan fingerprint density at radius 2 is 1.21 bits per heavy atom. The van der Waals surface area contributed by atoms with Gasteiger partial charge in [0.25, 0.3) is 23.2 Å². The van der Waals surface area contributed by atoms with Crippen molar-refractivity contribution < 1.29 is 19.4 Å². The lowest BCUT2D eigenvalue weighted by Gasteiger charge is -2.19. The van der Waals surface area contributed by atoms with E-state index in [1.807, 2.05) is 20.8 Å². The first-order valence-electron chi connectivity index (χ1n) is 8.14. The molecule has 0 aliphatic carbocycles. The van der Waals surface area contributed by atoms with E-state index in [4.69, 9.17) is 0 Å². The van der Waals surface area contributed by atoms with Crippen molar-refractivity contribution in [2.24, 2.45) is 0 Å². The van der Waals surface area contributed by atoms with E-state index in [0.717, 1.165) is 23.8 Å². The van der Waals surface area contributed by atoms with Gasteiger partial charge in [0, 0.05) is 17.7 Å². The van der Waals surface area contributed by atoms with Crippen LogP contribution < -0.4 is 10.9 Å². The number of nitrogens with one attached hydrogen (secondary N) is 2. The van der Waals surface area contributed by atoms with E-state index in [1.54, 1.807) is 24.3 Å². The van der Waals surface area contributed by atoms with Gasteiger partial charge in [-0.15, -0.1) is 0 Å². The molecule has 0 aliphatic heterocycles. The highest BCUT2D eigenvalue weighted by molar-refractivity contribution is 5.99. The van der Waals surface area contributed by atoms with E-state index in [9.17, 15) is 29.8 Å². The molecule has 0 fully saturated rings. The standard InChI is InChI=1S/C18H18N4O6/c1-18(2,3)13-6-4-11(5-7-13)16(23)19-20-17(24)12-8-14(21(25)26)10-15(9-12)22(27)28/h4-10H,1-3H3,(H,19,23)(H,20,24). The number of carbonyl (C=O) groups is 2. The van der Waals surface area contributed by atoms with Gasteiger partial charge in [-0.05, 0) is 23.1 Å².